The Morgan fingerprint density at radius 2 is 1.00 bits per heavy atom. The molecule has 6 N–H and O–H groups in total. The largest absolute Gasteiger partial charge is 0.325 e. The Bertz CT molecular complexity index is 413. The van der Waals surface area contributed by atoms with Gasteiger partial charge in [0.1, 0.15) is 0 Å². The van der Waals surface area contributed by atoms with Gasteiger partial charge in [0.2, 0.25) is 0 Å². The predicted molar refractivity (Wildman–Crippen MR) is 108 cm³/mol. The van der Waals surface area contributed by atoms with Crippen LogP contribution in [0.15, 0.2) is 29.2 Å². The lowest BCUT2D eigenvalue weighted by molar-refractivity contribution is 0.361. The number of thioether (sulfide) groups is 1. The summed E-state index contributed by atoms with van der Waals surface area (Å²) in [7, 11) is 0. The third-order valence-corrected chi connectivity index (χ3v) is 2.04. The first-order valence-electron chi connectivity index (χ1n) is 6.19. The molecule has 0 atom stereocenters. The maximum absolute atomic E-state index is 7.56. The van der Waals surface area contributed by atoms with Crippen molar-refractivity contribution < 1.29 is 29.4 Å². The van der Waals surface area contributed by atoms with Gasteiger partial charge in [-0.1, -0.05) is 39.3 Å². The Kier molecular flexibility index (Phi) is 26.5. The number of benzene rings is 1. The van der Waals surface area contributed by atoms with Crippen LogP contribution in [0.5, 0.6) is 0 Å². The molecule has 0 bridgehead atoms. The fourth-order valence-corrected chi connectivity index (χ4v) is 1.10. The van der Waals surface area contributed by atoms with Gasteiger partial charge in [-0.2, -0.15) is 0 Å². The standard InChI is InChI=1S/C7H7ClS.2C2H6.2H3O3PS/c1-9-7-4-2-6(8)3-5-7;2*1-2;2*1-4(2,3)5/h2-5H,1H3;2*1-2H3;2*(H3,1,2,3,5). The Morgan fingerprint density at radius 1 is 0.783 bits per heavy atom. The van der Waals surface area contributed by atoms with Gasteiger partial charge in [0.15, 0.2) is 0 Å². The Morgan fingerprint density at radius 3 is 1.17 bits per heavy atom. The molecule has 1 aromatic rings. The molecule has 0 saturated heterocycles. The molecule has 1 aromatic carbocycles. The van der Waals surface area contributed by atoms with E-state index < -0.39 is 13.4 Å². The summed E-state index contributed by atoms with van der Waals surface area (Å²) < 4.78 is 0. The minimum absolute atomic E-state index is 0.799. The molecule has 23 heavy (non-hydrogen) atoms. The van der Waals surface area contributed by atoms with Crippen molar-refractivity contribution in [3.63, 3.8) is 0 Å². The normalized spacial score (nSPS) is 9.39. The van der Waals surface area contributed by atoms with E-state index in [1.165, 1.54) is 4.90 Å². The van der Waals surface area contributed by atoms with Crippen LogP contribution in [0.25, 0.3) is 0 Å². The Hall–Kier alpha value is 0.920. The van der Waals surface area contributed by atoms with Gasteiger partial charge in [-0.15, -0.1) is 11.8 Å². The molecule has 0 saturated carbocycles. The SMILES string of the molecule is CC.CC.CSc1ccc(Cl)cc1.OP(O)(O)=S.OP(O)(O)=S. The predicted octanol–water partition coefficient (Wildman–Crippen LogP) is 3.49. The molecule has 0 aromatic heterocycles. The second-order valence-electron chi connectivity index (χ2n) is 2.68. The first kappa shape index (κ1) is 31.7. The van der Waals surface area contributed by atoms with Gasteiger partial charge in [0.25, 0.3) is 0 Å². The molecular weight excluding hydrogens is 422 g/mol. The van der Waals surface area contributed by atoms with Crippen molar-refractivity contribution in [1.82, 2.24) is 0 Å². The number of halogens is 1. The van der Waals surface area contributed by atoms with Crippen molar-refractivity contribution in [3.05, 3.63) is 29.3 Å². The van der Waals surface area contributed by atoms with Gasteiger partial charge in [-0.3, -0.25) is 0 Å². The summed E-state index contributed by atoms with van der Waals surface area (Å²) in [6, 6.07) is 7.81. The van der Waals surface area contributed by atoms with Gasteiger partial charge in [-0.25, -0.2) is 0 Å². The molecular formula is C11H25ClO6P2S3. The van der Waals surface area contributed by atoms with E-state index in [0.29, 0.717) is 0 Å². The third-order valence-electron chi connectivity index (χ3n) is 1.05. The van der Waals surface area contributed by atoms with Crippen molar-refractivity contribution in [2.45, 2.75) is 32.6 Å². The Labute approximate surface area is 157 Å². The summed E-state index contributed by atoms with van der Waals surface area (Å²) in [5.74, 6) is 0. The molecule has 6 nitrogen and oxygen atoms in total. The molecule has 0 aliphatic carbocycles. The number of rotatable bonds is 1. The lowest BCUT2D eigenvalue weighted by atomic mass is 10.4. The van der Waals surface area contributed by atoms with Gasteiger partial charge >= 0.3 is 13.4 Å². The third kappa shape index (κ3) is 60.1. The van der Waals surface area contributed by atoms with Crippen molar-refractivity contribution >= 4 is 60.4 Å². The van der Waals surface area contributed by atoms with Crippen LogP contribution in [0.4, 0.5) is 0 Å². The maximum atomic E-state index is 7.56. The lowest BCUT2D eigenvalue weighted by Crippen LogP contribution is -1.66. The lowest BCUT2D eigenvalue weighted by Gasteiger charge is -1.92. The van der Waals surface area contributed by atoms with Crippen LogP contribution in [0.2, 0.25) is 5.02 Å². The summed E-state index contributed by atoms with van der Waals surface area (Å²) in [5, 5.41) is 0.799. The van der Waals surface area contributed by atoms with Crippen LogP contribution in [0.1, 0.15) is 27.7 Å². The molecule has 0 radical (unpaired) electrons. The molecule has 1 rings (SSSR count). The zero-order valence-electron chi connectivity index (χ0n) is 13.5. The van der Waals surface area contributed by atoms with Crippen molar-refractivity contribution in [1.29, 1.82) is 0 Å². The number of hydrogen-bond donors (Lipinski definition) is 6. The molecule has 0 spiro atoms. The highest BCUT2D eigenvalue weighted by Gasteiger charge is 1.92. The second kappa shape index (κ2) is 19.2. The van der Waals surface area contributed by atoms with Crippen LogP contribution in [-0.4, -0.2) is 35.6 Å². The van der Waals surface area contributed by atoms with Crippen molar-refractivity contribution in [2.75, 3.05) is 6.26 Å². The molecule has 0 aliphatic rings. The molecule has 140 valence electrons. The van der Waals surface area contributed by atoms with Gasteiger partial charge in [0, 0.05) is 9.92 Å². The summed E-state index contributed by atoms with van der Waals surface area (Å²) in [6.45, 7) is 0.389. The average Bonchev–Trinajstić information content (AvgIpc) is 2.40. The summed E-state index contributed by atoms with van der Waals surface area (Å²) in [5.41, 5.74) is 0. The number of hydrogen-bond acceptors (Lipinski definition) is 3. The fourth-order valence-electron chi connectivity index (χ4n) is 0.571. The molecule has 0 unspecified atom stereocenters. The van der Waals surface area contributed by atoms with Gasteiger partial charge in [0.05, 0.1) is 0 Å². The summed E-state index contributed by atoms with van der Waals surface area (Å²) in [4.78, 5) is 46.6. The van der Waals surface area contributed by atoms with E-state index in [9.17, 15) is 0 Å². The highest BCUT2D eigenvalue weighted by atomic mass is 35.5. The zero-order valence-corrected chi connectivity index (χ0v) is 18.5. The van der Waals surface area contributed by atoms with Gasteiger partial charge in [-0.05, 0) is 54.1 Å². The van der Waals surface area contributed by atoms with Crippen LogP contribution in [0, 0.1) is 0 Å². The molecule has 0 aliphatic heterocycles. The van der Waals surface area contributed by atoms with Gasteiger partial charge < -0.3 is 29.4 Å². The molecule has 0 fully saturated rings. The maximum Gasteiger partial charge on any atom is 0.319 e. The Balaban J connectivity index is -0.000000112. The van der Waals surface area contributed by atoms with Crippen LogP contribution in [-0.2, 0) is 23.6 Å². The van der Waals surface area contributed by atoms with Crippen LogP contribution < -0.4 is 0 Å². The minimum atomic E-state index is -3.81. The van der Waals surface area contributed by atoms with E-state index in [-0.39, 0.29) is 0 Å². The zero-order chi connectivity index (χ0) is 19.7. The molecule has 0 heterocycles. The van der Waals surface area contributed by atoms with E-state index in [2.05, 4.69) is 23.6 Å². The van der Waals surface area contributed by atoms with E-state index in [1.54, 1.807) is 11.8 Å². The van der Waals surface area contributed by atoms with Crippen molar-refractivity contribution in [3.8, 4) is 0 Å². The minimum Gasteiger partial charge on any atom is -0.325 e. The van der Waals surface area contributed by atoms with E-state index >= 15 is 0 Å². The average molecular weight is 447 g/mol. The van der Waals surface area contributed by atoms with E-state index in [0.717, 1.165) is 5.02 Å². The highest BCUT2D eigenvalue weighted by Crippen LogP contribution is 2.27. The van der Waals surface area contributed by atoms with E-state index in [1.807, 2.05) is 58.2 Å². The molecule has 12 heteroatoms. The molecule has 0 amide bonds. The first-order valence-corrected chi connectivity index (χ1v) is 13.1. The summed E-state index contributed by atoms with van der Waals surface area (Å²) in [6.07, 6.45) is 2.04. The quantitative estimate of drug-likeness (QED) is 0.284. The second-order valence-corrected chi connectivity index (χ2v) is 8.99. The fraction of sp³-hybridized carbons (Fsp3) is 0.455. The smallest absolute Gasteiger partial charge is 0.319 e. The monoisotopic (exact) mass is 446 g/mol. The topological polar surface area (TPSA) is 121 Å². The van der Waals surface area contributed by atoms with Crippen molar-refractivity contribution in [2.24, 2.45) is 0 Å². The summed E-state index contributed by atoms with van der Waals surface area (Å²) >= 11 is 14.6. The van der Waals surface area contributed by atoms with E-state index in [4.69, 9.17) is 41.0 Å². The van der Waals surface area contributed by atoms with Crippen LogP contribution in [0.3, 0.4) is 0 Å². The first-order chi connectivity index (χ1) is 10.3. The highest BCUT2D eigenvalue weighted by molar-refractivity contribution is 8.06. The van der Waals surface area contributed by atoms with Crippen LogP contribution >= 0.6 is 36.8 Å².